The van der Waals surface area contributed by atoms with Crippen molar-refractivity contribution in [2.75, 3.05) is 5.32 Å². The van der Waals surface area contributed by atoms with Crippen LogP contribution >= 0.6 is 0 Å². The maximum Gasteiger partial charge on any atom is 0.299 e. The quantitative estimate of drug-likeness (QED) is 0.474. The lowest BCUT2D eigenvalue weighted by Gasteiger charge is -2.19. The van der Waals surface area contributed by atoms with Gasteiger partial charge in [-0.3, -0.25) is 25.2 Å². The number of nitrogens with zero attached hydrogens (tertiary/aromatic N) is 5. The second-order valence-electron chi connectivity index (χ2n) is 6.27. The molecule has 2 heterocycles. The van der Waals surface area contributed by atoms with Crippen LogP contribution in [0.4, 0.5) is 17.1 Å². The molecule has 1 aromatic carbocycles. The van der Waals surface area contributed by atoms with Gasteiger partial charge in [-0.25, -0.2) is 0 Å². The van der Waals surface area contributed by atoms with Crippen LogP contribution in [0.5, 0.6) is 0 Å². The minimum absolute atomic E-state index is 0.0689. The van der Waals surface area contributed by atoms with E-state index in [9.17, 15) is 20.2 Å². The normalized spacial score (nSPS) is 12.0. The van der Waals surface area contributed by atoms with Crippen molar-refractivity contribution in [1.82, 2.24) is 15.1 Å². The van der Waals surface area contributed by atoms with Crippen LogP contribution in [0.1, 0.15) is 25.8 Å². The van der Waals surface area contributed by atoms with E-state index in [-0.39, 0.29) is 23.2 Å². The smallest absolute Gasteiger partial charge is 0.299 e. The van der Waals surface area contributed by atoms with Crippen molar-refractivity contribution in [3.63, 3.8) is 0 Å². The molecule has 0 spiro atoms. The molecule has 1 N–H and O–H groups in total. The lowest BCUT2D eigenvalue weighted by molar-refractivity contribution is -0.393. The van der Waals surface area contributed by atoms with E-state index in [0.717, 1.165) is 6.07 Å². The number of non-ortho nitro benzene ring substituents is 1. The predicted molar refractivity (Wildman–Crippen MR) is 98.5 cm³/mol. The largest absolute Gasteiger partial charge is 0.368 e. The fraction of sp³-hybridized carbons (Fsp3) is 0.235. The van der Waals surface area contributed by atoms with Gasteiger partial charge in [0.15, 0.2) is 0 Å². The minimum atomic E-state index is -0.685. The van der Waals surface area contributed by atoms with E-state index in [1.165, 1.54) is 12.1 Å². The van der Waals surface area contributed by atoms with Crippen molar-refractivity contribution in [1.29, 1.82) is 0 Å². The molecule has 1 unspecified atom stereocenters. The zero-order valence-electron chi connectivity index (χ0n) is 15.0. The van der Waals surface area contributed by atoms with Crippen molar-refractivity contribution in [3.8, 4) is 11.4 Å². The Kier molecular flexibility index (Phi) is 5.25. The van der Waals surface area contributed by atoms with Crippen LogP contribution in [0.25, 0.3) is 11.4 Å². The van der Waals surface area contributed by atoms with Gasteiger partial charge in [-0.2, -0.15) is 4.98 Å². The standard InChI is InChI=1S/C17H16N6O5/c1-10(2)15(17-20-16(21-28-17)11-5-7-18-8-6-11)19-13-4-3-12(22(24)25)9-14(13)23(26)27/h3-10,15,19H,1-2H3. The van der Waals surface area contributed by atoms with Crippen LogP contribution in [0.2, 0.25) is 0 Å². The van der Waals surface area contributed by atoms with Crippen molar-refractivity contribution < 1.29 is 14.4 Å². The van der Waals surface area contributed by atoms with Gasteiger partial charge in [-0.05, 0) is 24.1 Å². The number of hydrogen-bond donors (Lipinski definition) is 1. The Morgan fingerprint density at radius 2 is 1.79 bits per heavy atom. The highest BCUT2D eigenvalue weighted by Crippen LogP contribution is 2.34. The summed E-state index contributed by atoms with van der Waals surface area (Å²) in [6.45, 7) is 3.76. The lowest BCUT2D eigenvalue weighted by atomic mass is 10.0. The molecule has 0 radical (unpaired) electrons. The molecule has 0 fully saturated rings. The van der Waals surface area contributed by atoms with Crippen molar-refractivity contribution in [2.45, 2.75) is 19.9 Å². The molecule has 11 nitrogen and oxygen atoms in total. The molecule has 0 saturated carbocycles. The third kappa shape index (κ3) is 3.92. The first-order valence-electron chi connectivity index (χ1n) is 8.30. The van der Waals surface area contributed by atoms with E-state index < -0.39 is 21.6 Å². The number of rotatable bonds is 7. The summed E-state index contributed by atoms with van der Waals surface area (Å²) >= 11 is 0. The summed E-state index contributed by atoms with van der Waals surface area (Å²) in [6.07, 6.45) is 3.20. The van der Waals surface area contributed by atoms with E-state index in [4.69, 9.17) is 4.52 Å². The average molecular weight is 384 g/mol. The maximum absolute atomic E-state index is 11.4. The van der Waals surface area contributed by atoms with Crippen LogP contribution < -0.4 is 5.32 Å². The van der Waals surface area contributed by atoms with Gasteiger partial charge in [0.25, 0.3) is 11.4 Å². The van der Waals surface area contributed by atoms with Gasteiger partial charge in [0.05, 0.1) is 15.9 Å². The Morgan fingerprint density at radius 3 is 2.39 bits per heavy atom. The summed E-state index contributed by atoms with van der Waals surface area (Å²) in [5.41, 5.74) is 0.0663. The van der Waals surface area contributed by atoms with Crippen LogP contribution in [0.3, 0.4) is 0 Å². The van der Waals surface area contributed by atoms with E-state index in [1.54, 1.807) is 24.5 Å². The first-order valence-corrected chi connectivity index (χ1v) is 8.30. The Bertz CT molecular complexity index is 1000. The summed E-state index contributed by atoms with van der Waals surface area (Å²) in [6, 6.07) is 6.33. The first-order chi connectivity index (χ1) is 13.4. The Labute approximate surface area is 158 Å². The molecule has 2 aromatic heterocycles. The fourth-order valence-electron chi connectivity index (χ4n) is 2.57. The third-order valence-electron chi connectivity index (χ3n) is 4.01. The summed E-state index contributed by atoms with van der Waals surface area (Å²) in [5, 5.41) is 29.2. The number of hydrogen-bond acceptors (Lipinski definition) is 9. The van der Waals surface area contributed by atoms with Crippen LogP contribution in [-0.4, -0.2) is 25.0 Å². The van der Waals surface area contributed by atoms with Crippen LogP contribution in [0.15, 0.2) is 47.2 Å². The average Bonchev–Trinajstić information content (AvgIpc) is 3.16. The second-order valence-corrected chi connectivity index (χ2v) is 6.27. The predicted octanol–water partition coefficient (Wildman–Crippen LogP) is 3.76. The topological polar surface area (TPSA) is 150 Å². The second kappa shape index (κ2) is 7.78. The molecule has 11 heteroatoms. The maximum atomic E-state index is 11.4. The van der Waals surface area contributed by atoms with Gasteiger partial charge in [-0.15, -0.1) is 0 Å². The summed E-state index contributed by atoms with van der Waals surface area (Å²) in [4.78, 5) is 29.2. The highest BCUT2D eigenvalue weighted by atomic mass is 16.6. The van der Waals surface area contributed by atoms with E-state index >= 15 is 0 Å². The molecule has 0 aliphatic rings. The zero-order valence-corrected chi connectivity index (χ0v) is 15.0. The number of nitrogens with one attached hydrogen (secondary N) is 1. The van der Waals surface area contributed by atoms with Gasteiger partial charge < -0.3 is 9.84 Å². The number of nitro benzene ring substituents is 2. The summed E-state index contributed by atoms with van der Waals surface area (Å²) in [7, 11) is 0. The molecule has 0 bridgehead atoms. The van der Waals surface area contributed by atoms with E-state index in [2.05, 4.69) is 20.4 Å². The van der Waals surface area contributed by atoms with Crippen molar-refractivity contribution >= 4 is 17.1 Å². The molecule has 144 valence electrons. The van der Waals surface area contributed by atoms with Gasteiger partial charge in [0.2, 0.25) is 11.7 Å². The fourth-order valence-corrected chi connectivity index (χ4v) is 2.57. The number of nitro groups is 2. The molecule has 0 amide bonds. The van der Waals surface area contributed by atoms with Gasteiger partial charge >= 0.3 is 0 Å². The number of anilines is 1. The number of benzene rings is 1. The van der Waals surface area contributed by atoms with Gasteiger partial charge in [0.1, 0.15) is 11.7 Å². The van der Waals surface area contributed by atoms with Gasteiger partial charge in [-0.1, -0.05) is 19.0 Å². The molecule has 3 aromatic rings. The molecule has 0 aliphatic heterocycles. The van der Waals surface area contributed by atoms with E-state index in [0.29, 0.717) is 11.4 Å². The first kappa shape index (κ1) is 18.9. The highest BCUT2D eigenvalue weighted by Gasteiger charge is 2.27. The Balaban J connectivity index is 1.94. The summed E-state index contributed by atoms with van der Waals surface area (Å²) in [5.74, 6) is 0.540. The minimum Gasteiger partial charge on any atom is -0.368 e. The lowest BCUT2D eigenvalue weighted by Crippen LogP contribution is -2.18. The molecular weight excluding hydrogens is 368 g/mol. The SMILES string of the molecule is CC(C)C(Nc1ccc([N+](=O)[O-])cc1[N+](=O)[O-])c1nc(-c2ccncc2)no1. The zero-order chi connectivity index (χ0) is 20.3. The molecule has 0 aliphatic carbocycles. The Hall–Kier alpha value is -3.89. The molecule has 28 heavy (non-hydrogen) atoms. The monoisotopic (exact) mass is 384 g/mol. The van der Waals surface area contributed by atoms with Gasteiger partial charge in [0, 0.05) is 24.0 Å². The molecule has 0 saturated heterocycles. The molecular formula is C17H16N6O5. The Morgan fingerprint density at radius 1 is 1.07 bits per heavy atom. The molecule has 1 atom stereocenters. The molecule has 3 rings (SSSR count). The number of pyridine rings is 1. The van der Waals surface area contributed by atoms with E-state index in [1.807, 2.05) is 13.8 Å². The van der Waals surface area contributed by atoms with Crippen LogP contribution in [0, 0.1) is 26.1 Å². The van der Waals surface area contributed by atoms with Crippen LogP contribution in [-0.2, 0) is 0 Å². The highest BCUT2D eigenvalue weighted by molar-refractivity contribution is 5.66. The third-order valence-corrected chi connectivity index (χ3v) is 4.01. The van der Waals surface area contributed by atoms with Crippen molar-refractivity contribution in [2.24, 2.45) is 5.92 Å². The van der Waals surface area contributed by atoms with Crippen molar-refractivity contribution in [3.05, 3.63) is 68.8 Å². The summed E-state index contributed by atoms with van der Waals surface area (Å²) < 4.78 is 5.35. The number of aromatic nitrogens is 3.